The SMILES string of the molecule is N#CCCOC[C@H]1CCCO1. The molecule has 0 unspecified atom stereocenters. The number of nitrogens with zero attached hydrogens (tertiary/aromatic N) is 1. The van der Waals surface area contributed by atoms with Gasteiger partial charge >= 0.3 is 0 Å². The van der Waals surface area contributed by atoms with Gasteiger partial charge in [-0.1, -0.05) is 0 Å². The first-order valence-corrected chi connectivity index (χ1v) is 4.00. The van der Waals surface area contributed by atoms with Crippen LogP contribution >= 0.6 is 0 Å². The molecule has 1 rings (SSSR count). The van der Waals surface area contributed by atoms with Crippen LogP contribution in [0.15, 0.2) is 0 Å². The zero-order valence-corrected chi connectivity index (χ0v) is 6.58. The largest absolute Gasteiger partial charge is 0.378 e. The van der Waals surface area contributed by atoms with Gasteiger partial charge in [0.2, 0.25) is 0 Å². The van der Waals surface area contributed by atoms with E-state index < -0.39 is 0 Å². The van der Waals surface area contributed by atoms with Crippen molar-refractivity contribution in [1.82, 2.24) is 0 Å². The zero-order chi connectivity index (χ0) is 7.94. The van der Waals surface area contributed by atoms with Gasteiger partial charge in [-0.3, -0.25) is 0 Å². The van der Waals surface area contributed by atoms with Gasteiger partial charge < -0.3 is 9.47 Å². The molecule has 0 aromatic carbocycles. The minimum atomic E-state index is 0.286. The molecule has 0 aromatic heterocycles. The van der Waals surface area contributed by atoms with E-state index in [-0.39, 0.29) is 6.10 Å². The molecule has 1 aliphatic rings. The third kappa shape index (κ3) is 3.35. The molecule has 0 N–H and O–H groups in total. The van der Waals surface area contributed by atoms with Gasteiger partial charge in [-0.25, -0.2) is 0 Å². The lowest BCUT2D eigenvalue weighted by Gasteiger charge is -2.07. The van der Waals surface area contributed by atoms with Crippen LogP contribution in [0.5, 0.6) is 0 Å². The molecule has 1 saturated heterocycles. The Hall–Kier alpha value is -0.590. The highest BCUT2D eigenvalue weighted by Crippen LogP contribution is 2.11. The summed E-state index contributed by atoms with van der Waals surface area (Å²) in [6.45, 7) is 2.06. The van der Waals surface area contributed by atoms with Crippen molar-refractivity contribution in [1.29, 1.82) is 5.26 Å². The molecular formula is C8H13NO2. The first kappa shape index (κ1) is 8.51. The number of hydrogen-bond acceptors (Lipinski definition) is 3. The highest BCUT2D eigenvalue weighted by Gasteiger charge is 2.14. The van der Waals surface area contributed by atoms with Gasteiger partial charge in [-0.2, -0.15) is 5.26 Å². The Bertz CT molecular complexity index is 136. The van der Waals surface area contributed by atoms with Crippen molar-refractivity contribution in [2.24, 2.45) is 0 Å². The Morgan fingerprint density at radius 2 is 2.55 bits per heavy atom. The van der Waals surface area contributed by atoms with E-state index in [1.165, 1.54) is 0 Å². The quantitative estimate of drug-likeness (QED) is 0.571. The highest BCUT2D eigenvalue weighted by atomic mass is 16.5. The fourth-order valence-corrected chi connectivity index (χ4v) is 1.11. The molecule has 3 heteroatoms. The van der Waals surface area contributed by atoms with Crippen LogP contribution in [0.25, 0.3) is 0 Å². The molecule has 1 atom stereocenters. The second kappa shape index (κ2) is 5.11. The van der Waals surface area contributed by atoms with E-state index in [1.54, 1.807) is 0 Å². The summed E-state index contributed by atoms with van der Waals surface area (Å²) in [5.41, 5.74) is 0. The summed E-state index contributed by atoms with van der Waals surface area (Å²) in [6.07, 6.45) is 3.01. The first-order valence-electron chi connectivity index (χ1n) is 4.00. The van der Waals surface area contributed by atoms with Gasteiger partial charge in [0.25, 0.3) is 0 Å². The van der Waals surface area contributed by atoms with E-state index in [4.69, 9.17) is 14.7 Å². The predicted molar refractivity (Wildman–Crippen MR) is 40.0 cm³/mol. The molecule has 0 aromatic rings. The van der Waals surface area contributed by atoms with Crippen LogP contribution in [-0.2, 0) is 9.47 Å². The molecule has 0 aliphatic carbocycles. The van der Waals surface area contributed by atoms with Gasteiger partial charge in [-0.15, -0.1) is 0 Å². The number of ether oxygens (including phenoxy) is 2. The van der Waals surface area contributed by atoms with Crippen LogP contribution in [0.4, 0.5) is 0 Å². The standard InChI is InChI=1S/C8H13NO2/c9-4-2-5-10-7-8-3-1-6-11-8/h8H,1-3,5-7H2/t8-/m1/s1. The molecule has 1 heterocycles. The fourth-order valence-electron chi connectivity index (χ4n) is 1.11. The third-order valence-electron chi connectivity index (χ3n) is 1.69. The van der Waals surface area contributed by atoms with Gasteiger partial charge in [0.15, 0.2) is 0 Å². The molecule has 62 valence electrons. The molecule has 3 nitrogen and oxygen atoms in total. The molecule has 1 aliphatic heterocycles. The molecule has 0 saturated carbocycles. The lowest BCUT2D eigenvalue weighted by molar-refractivity contribution is 0.0191. The second-order valence-corrected chi connectivity index (χ2v) is 2.62. The van der Waals surface area contributed by atoms with Crippen molar-refractivity contribution in [2.45, 2.75) is 25.4 Å². The molecule has 0 bridgehead atoms. The zero-order valence-electron chi connectivity index (χ0n) is 6.58. The summed E-state index contributed by atoms with van der Waals surface area (Å²) in [4.78, 5) is 0. The Labute approximate surface area is 66.9 Å². The van der Waals surface area contributed by atoms with Crippen molar-refractivity contribution >= 4 is 0 Å². The van der Waals surface area contributed by atoms with Gasteiger partial charge in [0.1, 0.15) is 0 Å². The van der Waals surface area contributed by atoms with Crippen LogP contribution in [0, 0.1) is 11.3 Å². The molecule has 11 heavy (non-hydrogen) atoms. The van der Waals surface area contributed by atoms with Crippen molar-refractivity contribution in [3.8, 4) is 6.07 Å². The minimum absolute atomic E-state index is 0.286. The number of nitriles is 1. The topological polar surface area (TPSA) is 42.2 Å². The summed E-state index contributed by atoms with van der Waals surface area (Å²) in [7, 11) is 0. The average Bonchev–Trinajstić information content (AvgIpc) is 2.50. The highest BCUT2D eigenvalue weighted by molar-refractivity contribution is 4.68. The monoisotopic (exact) mass is 155 g/mol. The minimum Gasteiger partial charge on any atom is -0.378 e. The predicted octanol–water partition coefficient (Wildman–Crippen LogP) is 1.10. The van der Waals surface area contributed by atoms with E-state index in [9.17, 15) is 0 Å². The van der Waals surface area contributed by atoms with Crippen LogP contribution < -0.4 is 0 Å². The van der Waals surface area contributed by atoms with Crippen LogP contribution in [0.1, 0.15) is 19.3 Å². The average molecular weight is 155 g/mol. The Balaban J connectivity index is 1.90. The van der Waals surface area contributed by atoms with Crippen LogP contribution in [0.3, 0.4) is 0 Å². The van der Waals surface area contributed by atoms with E-state index in [1.807, 2.05) is 6.07 Å². The molecule has 1 fully saturated rings. The molecule has 0 spiro atoms. The fraction of sp³-hybridized carbons (Fsp3) is 0.875. The molecule has 0 amide bonds. The number of hydrogen-bond donors (Lipinski definition) is 0. The maximum absolute atomic E-state index is 8.20. The normalized spacial score (nSPS) is 23.4. The Morgan fingerprint density at radius 3 is 3.18 bits per heavy atom. The summed E-state index contributed by atoms with van der Waals surface area (Å²) in [5, 5.41) is 8.20. The smallest absolute Gasteiger partial charge is 0.0809 e. The second-order valence-electron chi connectivity index (χ2n) is 2.62. The first-order chi connectivity index (χ1) is 5.43. The van der Waals surface area contributed by atoms with E-state index in [0.29, 0.717) is 19.6 Å². The molecule has 0 radical (unpaired) electrons. The van der Waals surface area contributed by atoms with Crippen molar-refractivity contribution in [3.05, 3.63) is 0 Å². The summed E-state index contributed by atoms with van der Waals surface area (Å²) in [5.74, 6) is 0. The van der Waals surface area contributed by atoms with Crippen molar-refractivity contribution in [3.63, 3.8) is 0 Å². The Kier molecular flexibility index (Phi) is 3.95. The van der Waals surface area contributed by atoms with Crippen LogP contribution in [-0.4, -0.2) is 25.9 Å². The number of rotatable bonds is 4. The van der Waals surface area contributed by atoms with Gasteiger partial charge in [-0.05, 0) is 12.8 Å². The summed E-state index contributed by atoms with van der Waals surface area (Å²) < 4.78 is 10.5. The molecular weight excluding hydrogens is 142 g/mol. The third-order valence-corrected chi connectivity index (χ3v) is 1.69. The van der Waals surface area contributed by atoms with E-state index >= 15 is 0 Å². The summed E-state index contributed by atoms with van der Waals surface area (Å²) in [6, 6.07) is 2.03. The summed E-state index contributed by atoms with van der Waals surface area (Å²) >= 11 is 0. The van der Waals surface area contributed by atoms with Crippen LogP contribution in [0.2, 0.25) is 0 Å². The van der Waals surface area contributed by atoms with Gasteiger partial charge in [0.05, 0.1) is 31.8 Å². The van der Waals surface area contributed by atoms with Crippen molar-refractivity contribution < 1.29 is 9.47 Å². The lowest BCUT2D eigenvalue weighted by atomic mass is 10.2. The van der Waals surface area contributed by atoms with E-state index in [0.717, 1.165) is 19.4 Å². The maximum atomic E-state index is 8.20. The lowest BCUT2D eigenvalue weighted by Crippen LogP contribution is -2.14. The van der Waals surface area contributed by atoms with Crippen molar-refractivity contribution in [2.75, 3.05) is 19.8 Å². The Morgan fingerprint density at radius 1 is 1.64 bits per heavy atom. The van der Waals surface area contributed by atoms with Gasteiger partial charge in [0, 0.05) is 6.61 Å². The van der Waals surface area contributed by atoms with E-state index in [2.05, 4.69) is 0 Å². The maximum Gasteiger partial charge on any atom is 0.0809 e.